The number of rotatable bonds is 1. The summed E-state index contributed by atoms with van der Waals surface area (Å²) in [5.41, 5.74) is 3.05. The molecule has 2 aromatic carbocycles. The number of carbonyl (C=O) groups excluding carboxylic acids is 1. The maximum absolute atomic E-state index is 12.2. The lowest BCUT2D eigenvalue weighted by Crippen LogP contribution is -2.25. The number of hydrogen-bond acceptors (Lipinski definition) is 2. The Morgan fingerprint density at radius 3 is 2.68 bits per heavy atom. The monoisotopic (exact) mass is 314 g/mol. The minimum atomic E-state index is -0.0684. The molecule has 94 valence electrons. The Hall–Kier alpha value is -1.94. The third kappa shape index (κ3) is 2.08. The molecule has 0 fully saturated rings. The second kappa shape index (κ2) is 4.63. The van der Waals surface area contributed by atoms with Crippen LogP contribution in [0.3, 0.4) is 0 Å². The largest absolute Gasteiger partial charge is 0.309 e. The first-order valence-electron chi connectivity index (χ1n) is 5.88. The molecule has 1 aliphatic rings. The number of likely N-dealkylation sites (N-methyl/N-ethyl adjacent to an activating group) is 1. The molecule has 3 nitrogen and oxygen atoms in total. The average molecular weight is 315 g/mol. The topological polar surface area (TPSA) is 32.7 Å². The van der Waals surface area contributed by atoms with Crippen LogP contribution in [0.5, 0.6) is 0 Å². The van der Waals surface area contributed by atoms with Gasteiger partial charge >= 0.3 is 0 Å². The van der Waals surface area contributed by atoms with Crippen molar-refractivity contribution in [2.24, 2.45) is 4.99 Å². The molecule has 4 heteroatoms. The van der Waals surface area contributed by atoms with E-state index in [-0.39, 0.29) is 5.91 Å². The standard InChI is InChI=1S/C15H11BrN2O/c1-18-13-8-3-2-7-12(13)14(15(18)19)17-11-6-4-5-10(16)9-11/h2-9H,1H3. The fraction of sp³-hybridized carbons (Fsp3) is 0.0667. The number of nitrogens with zero attached hydrogens (tertiary/aromatic N) is 2. The lowest BCUT2D eigenvalue weighted by atomic mass is 10.1. The van der Waals surface area contributed by atoms with Gasteiger partial charge in [-0.3, -0.25) is 4.79 Å². The van der Waals surface area contributed by atoms with Gasteiger partial charge in [0.2, 0.25) is 0 Å². The van der Waals surface area contributed by atoms with Crippen LogP contribution in [-0.4, -0.2) is 18.7 Å². The minimum Gasteiger partial charge on any atom is -0.309 e. The average Bonchev–Trinajstić information content (AvgIpc) is 2.65. The van der Waals surface area contributed by atoms with Crippen molar-refractivity contribution in [3.05, 3.63) is 58.6 Å². The van der Waals surface area contributed by atoms with E-state index in [2.05, 4.69) is 20.9 Å². The van der Waals surface area contributed by atoms with E-state index in [4.69, 9.17) is 0 Å². The highest BCUT2D eigenvalue weighted by molar-refractivity contribution is 9.10. The summed E-state index contributed by atoms with van der Waals surface area (Å²) in [6.45, 7) is 0. The summed E-state index contributed by atoms with van der Waals surface area (Å²) < 4.78 is 0.946. The summed E-state index contributed by atoms with van der Waals surface area (Å²) in [6.07, 6.45) is 0. The molecule has 1 amide bonds. The molecule has 0 spiro atoms. The van der Waals surface area contributed by atoms with Crippen LogP contribution in [-0.2, 0) is 4.79 Å². The van der Waals surface area contributed by atoms with Gasteiger partial charge in [-0.05, 0) is 24.3 Å². The Labute approximate surface area is 119 Å². The van der Waals surface area contributed by atoms with Gasteiger partial charge in [-0.25, -0.2) is 4.99 Å². The van der Waals surface area contributed by atoms with Gasteiger partial charge in [0, 0.05) is 17.1 Å². The highest BCUT2D eigenvalue weighted by Gasteiger charge is 2.30. The normalized spacial score (nSPS) is 16.0. The molecule has 0 N–H and O–H groups in total. The summed E-state index contributed by atoms with van der Waals surface area (Å²) in [5.74, 6) is -0.0684. The zero-order valence-corrected chi connectivity index (χ0v) is 11.9. The molecule has 0 unspecified atom stereocenters. The second-order valence-electron chi connectivity index (χ2n) is 4.32. The number of fused-ring (bicyclic) bond motifs is 1. The van der Waals surface area contributed by atoms with Crippen LogP contribution in [0.1, 0.15) is 5.56 Å². The van der Waals surface area contributed by atoms with Crippen LogP contribution in [0.4, 0.5) is 11.4 Å². The van der Waals surface area contributed by atoms with E-state index in [9.17, 15) is 4.79 Å². The lowest BCUT2D eigenvalue weighted by Gasteiger charge is -2.07. The predicted molar refractivity (Wildman–Crippen MR) is 80.2 cm³/mol. The minimum absolute atomic E-state index is 0.0684. The van der Waals surface area contributed by atoms with Crippen LogP contribution < -0.4 is 4.90 Å². The zero-order chi connectivity index (χ0) is 13.4. The Morgan fingerprint density at radius 2 is 1.89 bits per heavy atom. The van der Waals surface area contributed by atoms with E-state index in [1.807, 2.05) is 48.5 Å². The van der Waals surface area contributed by atoms with E-state index in [1.165, 1.54) is 0 Å². The van der Waals surface area contributed by atoms with Crippen molar-refractivity contribution >= 4 is 38.9 Å². The van der Waals surface area contributed by atoms with Gasteiger partial charge in [-0.15, -0.1) is 0 Å². The number of benzene rings is 2. The fourth-order valence-corrected chi connectivity index (χ4v) is 2.52. The van der Waals surface area contributed by atoms with Gasteiger partial charge < -0.3 is 4.90 Å². The zero-order valence-electron chi connectivity index (χ0n) is 10.3. The first kappa shape index (κ1) is 12.1. The van der Waals surface area contributed by atoms with Crippen LogP contribution in [0.2, 0.25) is 0 Å². The van der Waals surface area contributed by atoms with Crippen LogP contribution in [0.25, 0.3) is 0 Å². The van der Waals surface area contributed by atoms with Crippen molar-refractivity contribution in [1.29, 1.82) is 0 Å². The Bertz CT molecular complexity index is 694. The van der Waals surface area contributed by atoms with Crippen molar-refractivity contribution in [1.82, 2.24) is 0 Å². The summed E-state index contributed by atoms with van der Waals surface area (Å²) >= 11 is 3.41. The van der Waals surface area contributed by atoms with Gasteiger partial charge in [-0.2, -0.15) is 0 Å². The van der Waals surface area contributed by atoms with Crippen molar-refractivity contribution < 1.29 is 4.79 Å². The van der Waals surface area contributed by atoms with Gasteiger partial charge in [0.15, 0.2) is 0 Å². The Balaban J connectivity index is 2.13. The Morgan fingerprint density at radius 1 is 1.11 bits per heavy atom. The van der Waals surface area contributed by atoms with Crippen LogP contribution in [0, 0.1) is 0 Å². The lowest BCUT2D eigenvalue weighted by molar-refractivity contribution is -0.111. The molecule has 0 saturated heterocycles. The fourth-order valence-electron chi connectivity index (χ4n) is 2.13. The second-order valence-corrected chi connectivity index (χ2v) is 5.24. The van der Waals surface area contributed by atoms with Gasteiger partial charge in [0.05, 0.1) is 11.4 Å². The number of para-hydroxylation sites is 1. The molecule has 0 aliphatic carbocycles. The molecule has 0 radical (unpaired) electrons. The molecule has 0 atom stereocenters. The summed E-state index contributed by atoms with van der Waals surface area (Å²) in [5, 5.41) is 0. The first-order chi connectivity index (χ1) is 9.16. The van der Waals surface area contributed by atoms with Crippen molar-refractivity contribution in [3.63, 3.8) is 0 Å². The number of amides is 1. The first-order valence-corrected chi connectivity index (χ1v) is 6.68. The van der Waals surface area contributed by atoms with E-state index < -0.39 is 0 Å². The van der Waals surface area contributed by atoms with Crippen molar-refractivity contribution in [2.45, 2.75) is 0 Å². The number of hydrogen-bond donors (Lipinski definition) is 0. The van der Waals surface area contributed by atoms with E-state index in [0.29, 0.717) is 5.71 Å². The smallest absolute Gasteiger partial charge is 0.277 e. The van der Waals surface area contributed by atoms with E-state index >= 15 is 0 Å². The SMILES string of the molecule is CN1C(=O)C(=Nc2cccc(Br)c2)c2ccccc21. The molecule has 0 bridgehead atoms. The highest BCUT2D eigenvalue weighted by Crippen LogP contribution is 2.29. The number of carbonyl (C=O) groups is 1. The number of aliphatic imine (C=N–C) groups is 1. The number of anilines is 1. The molecule has 0 saturated carbocycles. The maximum atomic E-state index is 12.2. The van der Waals surface area contributed by atoms with Crippen LogP contribution >= 0.6 is 15.9 Å². The predicted octanol–water partition coefficient (Wildman–Crippen LogP) is 3.55. The van der Waals surface area contributed by atoms with E-state index in [1.54, 1.807) is 11.9 Å². The maximum Gasteiger partial charge on any atom is 0.277 e. The Kier molecular flexibility index (Phi) is 2.95. The van der Waals surface area contributed by atoms with Crippen LogP contribution in [0.15, 0.2) is 58.0 Å². The summed E-state index contributed by atoms with van der Waals surface area (Å²) in [4.78, 5) is 18.4. The summed E-state index contributed by atoms with van der Waals surface area (Å²) in [6, 6.07) is 15.3. The molecule has 3 rings (SSSR count). The van der Waals surface area contributed by atoms with Crippen molar-refractivity contribution in [2.75, 3.05) is 11.9 Å². The van der Waals surface area contributed by atoms with Gasteiger partial charge in [-0.1, -0.05) is 40.2 Å². The molecule has 1 heterocycles. The van der Waals surface area contributed by atoms with Crippen molar-refractivity contribution in [3.8, 4) is 0 Å². The number of halogens is 1. The third-order valence-corrected chi connectivity index (χ3v) is 3.57. The summed E-state index contributed by atoms with van der Waals surface area (Å²) in [7, 11) is 1.77. The molecular weight excluding hydrogens is 304 g/mol. The quantitative estimate of drug-likeness (QED) is 0.792. The molecule has 19 heavy (non-hydrogen) atoms. The molecule has 1 aliphatic heterocycles. The van der Waals surface area contributed by atoms with E-state index in [0.717, 1.165) is 21.4 Å². The third-order valence-electron chi connectivity index (χ3n) is 3.08. The molecule has 2 aromatic rings. The van der Waals surface area contributed by atoms with Gasteiger partial charge in [0.25, 0.3) is 5.91 Å². The van der Waals surface area contributed by atoms with Gasteiger partial charge in [0.1, 0.15) is 5.71 Å². The molecular formula is C15H11BrN2O. The molecule has 0 aromatic heterocycles. The highest BCUT2D eigenvalue weighted by atomic mass is 79.9.